The quantitative estimate of drug-likeness (QED) is 0.374. The summed E-state index contributed by atoms with van der Waals surface area (Å²) in [6.07, 6.45) is -1.41. The van der Waals surface area contributed by atoms with Crippen LogP contribution in [0.5, 0.6) is 0 Å². The van der Waals surface area contributed by atoms with E-state index in [4.69, 9.17) is 5.73 Å². The predicted molar refractivity (Wildman–Crippen MR) is 124 cm³/mol. The highest BCUT2D eigenvalue weighted by molar-refractivity contribution is 5.92. The molecule has 0 saturated carbocycles. The van der Waals surface area contributed by atoms with Crippen molar-refractivity contribution in [2.75, 3.05) is 5.73 Å². The summed E-state index contributed by atoms with van der Waals surface area (Å²) in [5, 5.41) is 6.68. The lowest BCUT2D eigenvalue weighted by atomic mass is 10.0. The Balaban J connectivity index is 1.57. The van der Waals surface area contributed by atoms with Crippen LogP contribution in [0, 0.1) is 11.8 Å². The van der Waals surface area contributed by atoms with Gasteiger partial charge in [-0.25, -0.2) is 14.6 Å². The summed E-state index contributed by atoms with van der Waals surface area (Å²) in [6.45, 7) is 2.55. The van der Waals surface area contributed by atoms with Gasteiger partial charge in [0.15, 0.2) is 5.65 Å². The monoisotopic (exact) mass is 458 g/mol. The van der Waals surface area contributed by atoms with Gasteiger partial charge in [-0.15, -0.1) is 0 Å². The highest BCUT2D eigenvalue weighted by Crippen LogP contribution is 2.32. The molecule has 2 N–H and O–H groups in total. The fourth-order valence-electron chi connectivity index (χ4n) is 3.76. The molecule has 9 heteroatoms. The Hall–Kier alpha value is -4.45. The fraction of sp³-hybridized carbons (Fsp3) is 0.120. The van der Waals surface area contributed by atoms with Gasteiger partial charge in [0.25, 0.3) is 0 Å². The highest BCUT2D eigenvalue weighted by atomic mass is 19.4. The van der Waals surface area contributed by atoms with Crippen LogP contribution in [0.4, 0.5) is 19.0 Å². The van der Waals surface area contributed by atoms with Crippen molar-refractivity contribution >= 4 is 27.6 Å². The van der Waals surface area contributed by atoms with Crippen LogP contribution in [0.3, 0.4) is 0 Å². The molecule has 0 fully saturated rings. The largest absolute Gasteiger partial charge is 0.416 e. The molecule has 3 aromatic heterocycles. The van der Waals surface area contributed by atoms with Gasteiger partial charge in [-0.05, 0) is 42.5 Å². The van der Waals surface area contributed by atoms with Gasteiger partial charge in [-0.1, -0.05) is 30.2 Å². The first-order valence-electron chi connectivity index (χ1n) is 10.4. The average molecular weight is 458 g/mol. The first kappa shape index (κ1) is 21.4. The van der Waals surface area contributed by atoms with Crippen molar-refractivity contribution in [2.24, 2.45) is 0 Å². The van der Waals surface area contributed by atoms with Crippen LogP contribution < -0.4 is 5.73 Å². The smallest absolute Gasteiger partial charge is 0.383 e. The van der Waals surface area contributed by atoms with E-state index >= 15 is 0 Å². The molecule has 5 aromatic rings. The van der Waals surface area contributed by atoms with E-state index in [-0.39, 0.29) is 0 Å². The Morgan fingerprint density at radius 2 is 1.82 bits per heavy atom. The number of rotatable bonds is 2. The van der Waals surface area contributed by atoms with Gasteiger partial charge in [-0.2, -0.15) is 18.3 Å². The molecule has 0 aliphatic carbocycles. The predicted octanol–water partition coefficient (Wildman–Crippen LogP) is 5.06. The number of nitrogens with two attached hydrogens (primary N) is 1. The summed E-state index contributed by atoms with van der Waals surface area (Å²) in [6, 6.07) is 12.4. The minimum Gasteiger partial charge on any atom is -0.383 e. The maximum Gasteiger partial charge on any atom is 0.416 e. The highest BCUT2D eigenvalue weighted by Gasteiger charge is 2.30. The molecule has 6 nitrogen and oxygen atoms in total. The van der Waals surface area contributed by atoms with Gasteiger partial charge in [-0.3, -0.25) is 4.98 Å². The van der Waals surface area contributed by atoms with E-state index in [1.807, 2.05) is 25.1 Å². The van der Waals surface area contributed by atoms with Crippen LogP contribution in [-0.4, -0.2) is 24.7 Å². The Morgan fingerprint density at radius 3 is 2.62 bits per heavy atom. The number of anilines is 1. The Morgan fingerprint density at radius 1 is 1.00 bits per heavy atom. The van der Waals surface area contributed by atoms with Gasteiger partial charge >= 0.3 is 6.18 Å². The molecule has 0 saturated heterocycles. The Kier molecular flexibility index (Phi) is 5.13. The molecular formula is C25H17F3N6. The first-order valence-corrected chi connectivity index (χ1v) is 10.4. The van der Waals surface area contributed by atoms with Crippen molar-refractivity contribution in [3.05, 3.63) is 77.9 Å². The number of fused-ring (bicyclic) bond motifs is 2. The van der Waals surface area contributed by atoms with Crippen molar-refractivity contribution in [3.63, 3.8) is 0 Å². The molecule has 0 amide bonds. The molecular weight excluding hydrogens is 441 g/mol. The van der Waals surface area contributed by atoms with E-state index in [0.717, 1.165) is 22.9 Å². The average Bonchev–Trinajstić information content (AvgIpc) is 3.21. The number of aryl methyl sites for hydroxylation is 1. The number of alkyl halides is 3. The van der Waals surface area contributed by atoms with Crippen molar-refractivity contribution in [1.82, 2.24) is 24.7 Å². The SMILES string of the molecule is CCn1nc(C#Cc2cccc3cc(-c4cccc(C(F)(F)F)c4)ncc23)c2c(N)ncnc21. The second-order valence-corrected chi connectivity index (χ2v) is 7.55. The van der Waals surface area contributed by atoms with Crippen LogP contribution >= 0.6 is 0 Å². The lowest BCUT2D eigenvalue weighted by Gasteiger charge is -2.09. The van der Waals surface area contributed by atoms with Crippen molar-refractivity contribution in [2.45, 2.75) is 19.6 Å². The first-order chi connectivity index (χ1) is 16.3. The minimum absolute atomic E-state index is 0.305. The molecule has 0 bridgehead atoms. The Labute approximate surface area is 192 Å². The minimum atomic E-state index is -4.42. The number of halogens is 3. The van der Waals surface area contributed by atoms with E-state index in [2.05, 4.69) is 31.9 Å². The molecule has 0 radical (unpaired) electrons. The molecule has 0 aliphatic heterocycles. The fourth-order valence-corrected chi connectivity index (χ4v) is 3.76. The van der Waals surface area contributed by atoms with Crippen molar-refractivity contribution < 1.29 is 13.2 Å². The summed E-state index contributed by atoms with van der Waals surface area (Å²) in [7, 11) is 0. The second kappa shape index (κ2) is 8.15. The maximum absolute atomic E-state index is 13.1. The third kappa shape index (κ3) is 3.79. The van der Waals surface area contributed by atoms with Crippen molar-refractivity contribution in [3.8, 4) is 23.1 Å². The van der Waals surface area contributed by atoms with E-state index in [9.17, 15) is 13.2 Å². The van der Waals surface area contributed by atoms with E-state index in [0.29, 0.717) is 45.9 Å². The summed E-state index contributed by atoms with van der Waals surface area (Å²) >= 11 is 0. The zero-order valence-electron chi connectivity index (χ0n) is 17.9. The van der Waals surface area contributed by atoms with E-state index in [1.54, 1.807) is 23.0 Å². The van der Waals surface area contributed by atoms with Gasteiger partial charge in [0.05, 0.1) is 16.6 Å². The van der Waals surface area contributed by atoms with Crippen LogP contribution in [-0.2, 0) is 12.7 Å². The normalized spacial score (nSPS) is 11.5. The van der Waals surface area contributed by atoms with E-state index < -0.39 is 11.7 Å². The number of benzene rings is 2. The van der Waals surface area contributed by atoms with Gasteiger partial charge in [0.1, 0.15) is 17.8 Å². The molecule has 5 rings (SSSR count). The van der Waals surface area contributed by atoms with Crippen LogP contribution in [0.1, 0.15) is 23.7 Å². The standard InChI is InChI=1S/C25H17F3N6/c1-2-34-24-22(23(29)31-14-32-24)20(33-34)10-9-15-5-3-6-16-12-21(30-13-19(15)16)17-7-4-8-18(11-17)25(26,27)28/h3-8,11-14H,2H2,1H3,(H2,29,31,32). The number of nitrogens with zero attached hydrogens (tertiary/aromatic N) is 5. The summed E-state index contributed by atoms with van der Waals surface area (Å²) in [5.74, 6) is 6.50. The maximum atomic E-state index is 13.1. The molecule has 0 aliphatic rings. The third-order valence-corrected chi connectivity index (χ3v) is 5.42. The zero-order valence-corrected chi connectivity index (χ0v) is 17.9. The number of aromatic nitrogens is 5. The van der Waals surface area contributed by atoms with Crippen LogP contribution in [0.25, 0.3) is 33.1 Å². The summed E-state index contributed by atoms with van der Waals surface area (Å²) in [5.41, 5.74) is 7.95. The van der Waals surface area contributed by atoms with E-state index in [1.165, 1.54) is 12.4 Å². The summed E-state index contributed by atoms with van der Waals surface area (Å²) < 4.78 is 41.0. The molecule has 3 heterocycles. The summed E-state index contributed by atoms with van der Waals surface area (Å²) in [4.78, 5) is 12.7. The molecule has 168 valence electrons. The number of hydrogen-bond acceptors (Lipinski definition) is 5. The number of hydrogen-bond donors (Lipinski definition) is 1. The topological polar surface area (TPSA) is 82.5 Å². The van der Waals surface area contributed by atoms with Gasteiger partial charge in [0.2, 0.25) is 0 Å². The third-order valence-electron chi connectivity index (χ3n) is 5.42. The molecule has 34 heavy (non-hydrogen) atoms. The number of nitrogen functional groups attached to an aromatic ring is 1. The lowest BCUT2D eigenvalue weighted by molar-refractivity contribution is -0.137. The molecule has 0 atom stereocenters. The second-order valence-electron chi connectivity index (χ2n) is 7.55. The van der Waals surface area contributed by atoms with Crippen molar-refractivity contribution in [1.29, 1.82) is 0 Å². The zero-order chi connectivity index (χ0) is 23.9. The van der Waals surface area contributed by atoms with Crippen LogP contribution in [0.15, 0.2) is 61.1 Å². The number of pyridine rings is 1. The molecule has 0 unspecified atom stereocenters. The van der Waals surface area contributed by atoms with Gasteiger partial charge in [0, 0.05) is 29.3 Å². The van der Waals surface area contributed by atoms with Crippen LogP contribution in [0.2, 0.25) is 0 Å². The molecule has 2 aromatic carbocycles. The Bertz CT molecular complexity index is 1610. The lowest BCUT2D eigenvalue weighted by Crippen LogP contribution is -2.04. The van der Waals surface area contributed by atoms with Gasteiger partial charge < -0.3 is 5.73 Å². The molecule has 0 spiro atoms.